The van der Waals surface area contributed by atoms with E-state index in [1.54, 1.807) is 24.5 Å². The summed E-state index contributed by atoms with van der Waals surface area (Å²) in [6, 6.07) is 7.23. The number of carbonyl (C=O) groups excluding carboxylic acids is 1. The van der Waals surface area contributed by atoms with Gasteiger partial charge >= 0.3 is 0 Å². The van der Waals surface area contributed by atoms with Crippen molar-refractivity contribution in [3.05, 3.63) is 57.8 Å². The van der Waals surface area contributed by atoms with Crippen LogP contribution < -0.4 is 11.1 Å². The number of carbonyl (C=O) groups is 1. The van der Waals surface area contributed by atoms with Crippen LogP contribution in [0.3, 0.4) is 0 Å². The summed E-state index contributed by atoms with van der Waals surface area (Å²) in [5, 5.41) is 2.95. The van der Waals surface area contributed by atoms with Gasteiger partial charge in [0.25, 0.3) is 5.91 Å². The molecule has 2 rings (SSSR count). The first kappa shape index (κ1) is 14.5. The minimum absolute atomic E-state index is 0.115. The first-order valence-electron chi connectivity index (χ1n) is 6.25. The number of hydrogen-bond acceptors (Lipinski definition) is 3. The predicted octanol–water partition coefficient (Wildman–Crippen LogP) is 3.23. The molecule has 0 aliphatic rings. The molecule has 1 unspecified atom stereocenters. The molecule has 3 N–H and O–H groups in total. The molecule has 1 amide bonds. The molecule has 0 fully saturated rings. The number of pyridine rings is 1. The fourth-order valence-electron chi connectivity index (χ4n) is 1.93. The van der Waals surface area contributed by atoms with E-state index in [1.165, 1.54) is 0 Å². The summed E-state index contributed by atoms with van der Waals surface area (Å²) in [7, 11) is 0. The number of nitrogen functional groups attached to an aromatic ring is 1. The number of hydrogen-bond donors (Lipinski definition) is 2. The Morgan fingerprint density at radius 2 is 2.20 bits per heavy atom. The van der Waals surface area contributed by atoms with Crippen LogP contribution in [0.5, 0.6) is 0 Å². The number of rotatable bonds is 3. The molecule has 2 aromatic rings. The van der Waals surface area contributed by atoms with Gasteiger partial charge in [-0.25, -0.2) is 0 Å². The van der Waals surface area contributed by atoms with Crippen molar-refractivity contribution in [1.82, 2.24) is 10.3 Å². The lowest BCUT2D eigenvalue weighted by atomic mass is 10.1. The molecule has 0 bridgehead atoms. The van der Waals surface area contributed by atoms with E-state index >= 15 is 0 Å². The topological polar surface area (TPSA) is 68.0 Å². The molecule has 1 heterocycles. The van der Waals surface area contributed by atoms with Crippen molar-refractivity contribution in [2.24, 2.45) is 0 Å². The van der Waals surface area contributed by atoms with E-state index in [4.69, 9.17) is 5.73 Å². The van der Waals surface area contributed by atoms with Crippen LogP contribution >= 0.6 is 15.9 Å². The molecule has 0 saturated carbocycles. The highest BCUT2D eigenvalue weighted by atomic mass is 79.9. The number of aromatic nitrogens is 1. The Labute approximate surface area is 126 Å². The highest BCUT2D eigenvalue weighted by molar-refractivity contribution is 9.10. The predicted molar refractivity (Wildman–Crippen MR) is 83.4 cm³/mol. The summed E-state index contributed by atoms with van der Waals surface area (Å²) < 4.78 is 0.791. The zero-order chi connectivity index (χ0) is 14.7. The molecule has 0 aliphatic carbocycles. The summed E-state index contributed by atoms with van der Waals surface area (Å²) in [5.74, 6) is -0.146. The largest absolute Gasteiger partial charge is 0.398 e. The van der Waals surface area contributed by atoms with Crippen molar-refractivity contribution in [2.75, 3.05) is 5.73 Å². The third-order valence-corrected chi connectivity index (χ3v) is 3.65. The Morgan fingerprint density at radius 3 is 2.85 bits per heavy atom. The summed E-state index contributed by atoms with van der Waals surface area (Å²) in [6.45, 7) is 3.76. The van der Waals surface area contributed by atoms with Crippen LogP contribution in [0, 0.1) is 6.92 Å². The van der Waals surface area contributed by atoms with E-state index < -0.39 is 0 Å². The molecule has 104 valence electrons. The second-order valence-corrected chi connectivity index (χ2v) is 5.56. The molecule has 1 aromatic heterocycles. The van der Waals surface area contributed by atoms with Crippen molar-refractivity contribution < 1.29 is 4.79 Å². The lowest BCUT2D eigenvalue weighted by molar-refractivity contribution is 0.0939. The van der Waals surface area contributed by atoms with E-state index in [0.29, 0.717) is 11.3 Å². The first-order chi connectivity index (χ1) is 9.49. The third-order valence-electron chi connectivity index (χ3n) is 3.19. The van der Waals surface area contributed by atoms with Crippen molar-refractivity contribution >= 4 is 27.5 Å². The van der Waals surface area contributed by atoms with Gasteiger partial charge in [0.15, 0.2) is 0 Å². The second-order valence-electron chi connectivity index (χ2n) is 4.65. The molecule has 1 atom stereocenters. The zero-order valence-corrected chi connectivity index (χ0v) is 12.9. The Hall–Kier alpha value is -1.88. The van der Waals surface area contributed by atoms with E-state index in [9.17, 15) is 4.79 Å². The maximum Gasteiger partial charge on any atom is 0.252 e. The quantitative estimate of drug-likeness (QED) is 0.847. The van der Waals surface area contributed by atoms with E-state index in [2.05, 4.69) is 26.2 Å². The fraction of sp³-hybridized carbons (Fsp3) is 0.200. The Kier molecular flexibility index (Phi) is 4.39. The van der Waals surface area contributed by atoms with Crippen LogP contribution in [-0.2, 0) is 0 Å². The molecule has 4 nitrogen and oxygen atoms in total. The van der Waals surface area contributed by atoms with Crippen molar-refractivity contribution in [3.63, 3.8) is 0 Å². The highest BCUT2D eigenvalue weighted by Gasteiger charge is 2.15. The van der Waals surface area contributed by atoms with Gasteiger partial charge < -0.3 is 11.1 Å². The molecule has 5 heteroatoms. The van der Waals surface area contributed by atoms with Crippen LogP contribution in [0.25, 0.3) is 0 Å². The van der Waals surface area contributed by atoms with E-state index in [1.807, 2.05) is 26.0 Å². The zero-order valence-electron chi connectivity index (χ0n) is 11.4. The molecule has 20 heavy (non-hydrogen) atoms. The molecular weight excluding hydrogens is 318 g/mol. The second kappa shape index (κ2) is 6.05. The smallest absolute Gasteiger partial charge is 0.252 e. The van der Waals surface area contributed by atoms with Gasteiger partial charge in [-0.15, -0.1) is 0 Å². The average Bonchev–Trinajstić information content (AvgIpc) is 2.43. The number of nitrogens with one attached hydrogen (secondary N) is 1. The lowest BCUT2D eigenvalue weighted by Crippen LogP contribution is -2.27. The molecule has 0 spiro atoms. The van der Waals surface area contributed by atoms with Gasteiger partial charge in [0.05, 0.1) is 6.04 Å². The monoisotopic (exact) mass is 333 g/mol. The van der Waals surface area contributed by atoms with Gasteiger partial charge in [-0.2, -0.15) is 0 Å². The van der Waals surface area contributed by atoms with Crippen LogP contribution in [0.15, 0.2) is 41.1 Å². The normalized spacial score (nSPS) is 11.9. The number of anilines is 1. The van der Waals surface area contributed by atoms with E-state index in [-0.39, 0.29) is 11.9 Å². The Bertz CT molecular complexity index is 629. The van der Waals surface area contributed by atoms with Crippen molar-refractivity contribution in [3.8, 4) is 0 Å². The van der Waals surface area contributed by atoms with Crippen molar-refractivity contribution in [2.45, 2.75) is 19.9 Å². The number of nitrogens with zero attached hydrogens (tertiary/aromatic N) is 1. The number of halogens is 1. The molecule has 0 saturated heterocycles. The fourth-order valence-corrected chi connectivity index (χ4v) is 2.40. The average molecular weight is 334 g/mol. The summed E-state index contributed by atoms with van der Waals surface area (Å²) in [4.78, 5) is 16.4. The van der Waals surface area contributed by atoms with Gasteiger partial charge in [0.1, 0.15) is 0 Å². The Balaban J connectivity index is 2.21. The summed E-state index contributed by atoms with van der Waals surface area (Å²) in [5.41, 5.74) is 8.79. The molecule has 0 radical (unpaired) electrons. The molecular formula is C15H16BrN3O. The van der Waals surface area contributed by atoms with Gasteiger partial charge in [-0.05, 0) is 43.2 Å². The third kappa shape index (κ3) is 3.17. The lowest BCUT2D eigenvalue weighted by Gasteiger charge is -2.16. The van der Waals surface area contributed by atoms with Crippen LogP contribution in [-0.4, -0.2) is 10.9 Å². The van der Waals surface area contributed by atoms with Crippen LogP contribution in [0.4, 0.5) is 5.69 Å². The van der Waals surface area contributed by atoms with Gasteiger partial charge in [-0.3, -0.25) is 9.78 Å². The number of nitrogens with two attached hydrogens (primary N) is 1. The van der Waals surface area contributed by atoms with E-state index in [0.717, 1.165) is 15.6 Å². The molecule has 1 aromatic carbocycles. The maximum atomic E-state index is 12.3. The highest BCUT2D eigenvalue weighted by Crippen LogP contribution is 2.23. The Morgan fingerprint density at radius 1 is 1.45 bits per heavy atom. The minimum Gasteiger partial charge on any atom is -0.398 e. The van der Waals surface area contributed by atoms with Gasteiger partial charge in [-0.1, -0.05) is 22.0 Å². The van der Waals surface area contributed by atoms with Crippen LogP contribution in [0.2, 0.25) is 0 Å². The number of benzene rings is 1. The van der Waals surface area contributed by atoms with Gasteiger partial charge in [0.2, 0.25) is 0 Å². The minimum atomic E-state index is -0.146. The first-order valence-corrected chi connectivity index (χ1v) is 7.04. The summed E-state index contributed by atoms with van der Waals surface area (Å²) in [6.07, 6.45) is 3.45. The van der Waals surface area contributed by atoms with Gasteiger partial charge in [0, 0.05) is 28.1 Å². The van der Waals surface area contributed by atoms with Crippen LogP contribution in [0.1, 0.15) is 34.5 Å². The summed E-state index contributed by atoms with van der Waals surface area (Å²) >= 11 is 3.36. The standard InChI is InChI=1S/C15H16BrN3O/c1-9-13(6-12(16)7-14(9)17)15(20)19-10(2)11-4-3-5-18-8-11/h3-8,10H,17H2,1-2H3,(H,19,20). The SMILES string of the molecule is Cc1c(N)cc(Br)cc1C(=O)NC(C)c1cccnc1. The molecule has 0 aliphatic heterocycles. The van der Waals surface area contributed by atoms with Crippen molar-refractivity contribution in [1.29, 1.82) is 0 Å². The number of amides is 1. The maximum absolute atomic E-state index is 12.3.